The van der Waals surface area contributed by atoms with Gasteiger partial charge in [0.25, 0.3) is 0 Å². The van der Waals surface area contributed by atoms with E-state index in [1.807, 2.05) is 6.21 Å². The molecule has 0 saturated heterocycles. The maximum atomic E-state index is 8.82. The van der Waals surface area contributed by atoms with E-state index in [4.69, 9.17) is 5.26 Å². The van der Waals surface area contributed by atoms with Gasteiger partial charge in [-0.3, -0.25) is 4.99 Å². The van der Waals surface area contributed by atoms with Gasteiger partial charge in [-0.15, -0.1) is 0 Å². The summed E-state index contributed by atoms with van der Waals surface area (Å²) < 4.78 is 0. The predicted molar refractivity (Wildman–Crippen MR) is 70.1 cm³/mol. The Hall–Kier alpha value is -1.62. The normalized spacial score (nSPS) is 24.7. The first-order chi connectivity index (χ1) is 8.28. The molecule has 1 aromatic carbocycles. The number of hydrogen-bond donors (Lipinski definition) is 0. The molecule has 0 aromatic heterocycles. The molecule has 2 nitrogen and oxygen atoms in total. The largest absolute Gasteiger partial charge is 0.289 e. The molecule has 0 N–H and O–H groups in total. The van der Waals surface area contributed by atoms with Gasteiger partial charge in [0, 0.05) is 12.1 Å². The third kappa shape index (κ3) is 3.42. The Morgan fingerprint density at radius 3 is 2.41 bits per heavy atom. The molecule has 0 unspecified atom stereocenters. The Morgan fingerprint density at radius 2 is 1.82 bits per heavy atom. The fourth-order valence-electron chi connectivity index (χ4n) is 2.20. The summed E-state index contributed by atoms with van der Waals surface area (Å²) in [5.41, 5.74) is 2.44. The number of rotatable bonds is 2. The third-order valence-electron chi connectivity index (χ3n) is 3.39. The number of aliphatic imine (C=N–C) groups is 1. The van der Waals surface area contributed by atoms with Crippen molar-refractivity contribution in [3.63, 3.8) is 0 Å². The molecule has 17 heavy (non-hydrogen) atoms. The van der Waals surface area contributed by atoms with Gasteiger partial charge in [0.2, 0.25) is 0 Å². The summed E-state index contributed by atoms with van der Waals surface area (Å²) in [6, 6.07) is 11.2. The van der Waals surface area contributed by atoms with E-state index in [1.54, 1.807) is 0 Å². The van der Waals surface area contributed by atoms with Crippen molar-refractivity contribution >= 4 is 6.21 Å². The lowest BCUT2D eigenvalue weighted by atomic mass is 9.87. The van der Waals surface area contributed by atoms with E-state index in [2.05, 4.69) is 42.3 Å². The molecule has 88 valence electrons. The third-order valence-corrected chi connectivity index (χ3v) is 3.39. The van der Waals surface area contributed by atoms with Crippen LogP contribution >= 0.6 is 0 Å². The van der Waals surface area contributed by atoms with Crippen molar-refractivity contribution in [2.45, 2.75) is 38.6 Å². The van der Waals surface area contributed by atoms with Crippen LogP contribution in [0.5, 0.6) is 0 Å². The Bertz CT molecular complexity index is 417. The van der Waals surface area contributed by atoms with Crippen LogP contribution in [-0.4, -0.2) is 12.3 Å². The second-order valence-corrected chi connectivity index (χ2v) is 4.82. The van der Waals surface area contributed by atoms with Gasteiger partial charge in [-0.25, -0.2) is 0 Å². The molecule has 1 aromatic rings. The van der Waals surface area contributed by atoms with Gasteiger partial charge in [-0.1, -0.05) is 29.8 Å². The van der Waals surface area contributed by atoms with E-state index in [0.29, 0.717) is 6.04 Å². The molecule has 1 saturated carbocycles. The maximum Gasteiger partial charge on any atom is 0.0655 e. The molecule has 0 bridgehead atoms. The molecular weight excluding hydrogens is 208 g/mol. The Kier molecular flexibility index (Phi) is 3.93. The molecule has 1 aliphatic rings. The molecule has 0 amide bonds. The first-order valence-corrected chi connectivity index (χ1v) is 6.27. The first kappa shape index (κ1) is 11.9. The summed E-state index contributed by atoms with van der Waals surface area (Å²) in [5, 5.41) is 8.82. The molecule has 1 aliphatic carbocycles. The second-order valence-electron chi connectivity index (χ2n) is 4.82. The number of nitrogens with zero attached hydrogens (tertiary/aromatic N) is 2. The van der Waals surface area contributed by atoms with E-state index in [0.717, 1.165) is 31.2 Å². The minimum Gasteiger partial charge on any atom is -0.289 e. The molecule has 2 rings (SSSR count). The summed E-state index contributed by atoms with van der Waals surface area (Å²) in [4.78, 5) is 4.62. The molecule has 0 aliphatic heterocycles. The number of aryl methyl sites for hydroxylation is 1. The van der Waals surface area contributed by atoms with Crippen molar-refractivity contribution in [2.75, 3.05) is 0 Å². The van der Waals surface area contributed by atoms with Crippen LogP contribution in [0.1, 0.15) is 36.8 Å². The molecular formula is C15H18N2. The highest BCUT2D eigenvalue weighted by atomic mass is 14.8. The first-order valence-electron chi connectivity index (χ1n) is 6.27. The van der Waals surface area contributed by atoms with Crippen molar-refractivity contribution in [1.29, 1.82) is 5.26 Å². The van der Waals surface area contributed by atoms with Gasteiger partial charge in [0.15, 0.2) is 0 Å². The summed E-state index contributed by atoms with van der Waals surface area (Å²) in [6.45, 7) is 2.09. The second kappa shape index (κ2) is 5.63. The van der Waals surface area contributed by atoms with Gasteiger partial charge in [0.1, 0.15) is 0 Å². The standard InChI is InChI=1S/C15H18N2/c1-12-2-4-14(5-3-12)11-17-15-8-6-13(10-16)7-9-15/h2-5,11,13,15H,6-9H2,1H3/b17-11+. The van der Waals surface area contributed by atoms with Gasteiger partial charge in [0.05, 0.1) is 12.1 Å². The molecule has 0 heterocycles. The lowest BCUT2D eigenvalue weighted by Gasteiger charge is -2.21. The topological polar surface area (TPSA) is 36.1 Å². The number of benzene rings is 1. The lowest BCUT2D eigenvalue weighted by molar-refractivity contribution is 0.384. The van der Waals surface area contributed by atoms with Crippen molar-refractivity contribution in [2.24, 2.45) is 10.9 Å². The van der Waals surface area contributed by atoms with Gasteiger partial charge < -0.3 is 0 Å². The van der Waals surface area contributed by atoms with Gasteiger partial charge >= 0.3 is 0 Å². The fraction of sp³-hybridized carbons (Fsp3) is 0.467. The van der Waals surface area contributed by atoms with Crippen LogP contribution in [0.25, 0.3) is 0 Å². The zero-order valence-electron chi connectivity index (χ0n) is 10.3. The zero-order chi connectivity index (χ0) is 12.1. The van der Waals surface area contributed by atoms with Crippen LogP contribution in [-0.2, 0) is 0 Å². The number of hydrogen-bond acceptors (Lipinski definition) is 2. The zero-order valence-corrected chi connectivity index (χ0v) is 10.3. The lowest BCUT2D eigenvalue weighted by Crippen LogP contribution is -2.16. The average Bonchev–Trinajstić information content (AvgIpc) is 2.39. The Labute approximate surface area is 103 Å². The van der Waals surface area contributed by atoms with Crippen LogP contribution in [0.2, 0.25) is 0 Å². The van der Waals surface area contributed by atoms with E-state index < -0.39 is 0 Å². The highest BCUT2D eigenvalue weighted by molar-refractivity contribution is 5.79. The maximum absolute atomic E-state index is 8.82. The summed E-state index contributed by atoms with van der Waals surface area (Å²) in [6.07, 6.45) is 6.09. The molecule has 0 spiro atoms. The van der Waals surface area contributed by atoms with Gasteiger partial charge in [-0.2, -0.15) is 5.26 Å². The van der Waals surface area contributed by atoms with E-state index in [9.17, 15) is 0 Å². The molecule has 2 heteroatoms. The fourth-order valence-corrected chi connectivity index (χ4v) is 2.20. The van der Waals surface area contributed by atoms with Crippen LogP contribution in [0.15, 0.2) is 29.3 Å². The summed E-state index contributed by atoms with van der Waals surface area (Å²) >= 11 is 0. The van der Waals surface area contributed by atoms with Gasteiger partial charge in [-0.05, 0) is 38.2 Å². The van der Waals surface area contributed by atoms with Crippen molar-refractivity contribution < 1.29 is 0 Å². The van der Waals surface area contributed by atoms with Crippen molar-refractivity contribution in [1.82, 2.24) is 0 Å². The highest BCUT2D eigenvalue weighted by Crippen LogP contribution is 2.25. The van der Waals surface area contributed by atoms with Crippen LogP contribution < -0.4 is 0 Å². The molecule has 0 atom stereocenters. The van der Waals surface area contributed by atoms with Crippen LogP contribution in [0, 0.1) is 24.2 Å². The predicted octanol–water partition coefficient (Wildman–Crippen LogP) is 3.50. The Morgan fingerprint density at radius 1 is 1.18 bits per heavy atom. The smallest absolute Gasteiger partial charge is 0.0655 e. The van der Waals surface area contributed by atoms with E-state index in [1.165, 1.54) is 5.56 Å². The summed E-state index contributed by atoms with van der Waals surface area (Å²) in [7, 11) is 0. The minimum absolute atomic E-state index is 0.265. The van der Waals surface area contributed by atoms with Crippen molar-refractivity contribution in [3.05, 3.63) is 35.4 Å². The molecule has 1 fully saturated rings. The SMILES string of the molecule is Cc1ccc(/C=N/C2CCC(C#N)CC2)cc1. The minimum atomic E-state index is 0.265. The number of nitriles is 1. The van der Waals surface area contributed by atoms with E-state index in [-0.39, 0.29) is 5.92 Å². The van der Waals surface area contributed by atoms with Crippen LogP contribution in [0.3, 0.4) is 0 Å². The highest BCUT2D eigenvalue weighted by Gasteiger charge is 2.19. The molecule has 0 radical (unpaired) electrons. The van der Waals surface area contributed by atoms with E-state index >= 15 is 0 Å². The Balaban J connectivity index is 1.89. The quantitative estimate of drug-likeness (QED) is 0.711. The monoisotopic (exact) mass is 226 g/mol. The van der Waals surface area contributed by atoms with Crippen molar-refractivity contribution in [3.8, 4) is 6.07 Å². The average molecular weight is 226 g/mol. The summed E-state index contributed by atoms with van der Waals surface area (Å²) in [5.74, 6) is 0.265. The van der Waals surface area contributed by atoms with Crippen LogP contribution in [0.4, 0.5) is 0 Å².